The Morgan fingerprint density at radius 2 is 1.77 bits per heavy atom. The molecule has 0 saturated heterocycles. The molecular formula is C16H17F4N3O3. The molecule has 6 nitrogen and oxygen atoms in total. The lowest BCUT2D eigenvalue weighted by Gasteiger charge is -2.34. The van der Waals surface area contributed by atoms with Crippen LogP contribution in [0.25, 0.3) is 0 Å². The van der Waals surface area contributed by atoms with Crippen molar-refractivity contribution in [1.29, 1.82) is 5.26 Å². The third-order valence-electron chi connectivity index (χ3n) is 4.49. The van der Waals surface area contributed by atoms with Crippen LogP contribution < -0.4 is 20.7 Å². The zero-order valence-corrected chi connectivity index (χ0v) is 13.6. The predicted octanol–water partition coefficient (Wildman–Crippen LogP) is 2.83. The first-order valence-electron chi connectivity index (χ1n) is 7.77. The van der Waals surface area contributed by atoms with Crippen LogP contribution in [0.2, 0.25) is 0 Å². The molecule has 3 N–H and O–H groups in total. The number of carbonyl (C=O) groups excluding carboxylic acids is 1. The largest absolute Gasteiger partial charge is 0.431 e. The molecule has 1 fully saturated rings. The molecule has 1 aromatic rings. The summed E-state index contributed by atoms with van der Waals surface area (Å²) in [7, 11) is 0. The van der Waals surface area contributed by atoms with E-state index in [1.54, 1.807) is 0 Å². The van der Waals surface area contributed by atoms with Crippen molar-refractivity contribution >= 4 is 5.91 Å². The van der Waals surface area contributed by atoms with Crippen molar-refractivity contribution < 1.29 is 31.8 Å². The van der Waals surface area contributed by atoms with Crippen molar-refractivity contribution in [2.45, 2.75) is 44.3 Å². The third-order valence-corrected chi connectivity index (χ3v) is 4.49. The van der Waals surface area contributed by atoms with Crippen LogP contribution in [0.3, 0.4) is 0 Å². The average molecular weight is 375 g/mol. The summed E-state index contributed by atoms with van der Waals surface area (Å²) in [6.07, 6.45) is 1.31. The summed E-state index contributed by atoms with van der Waals surface area (Å²) in [6.45, 7) is -6.46. The molecule has 0 heterocycles. The minimum absolute atomic E-state index is 0.282. The normalized spacial score (nSPS) is 22.8. The number of nitrogens with one attached hydrogen (secondary N) is 1. The molecule has 0 spiro atoms. The standard InChI is InChI=1S/C16H17F4N3O3/c17-14(18)25-11-2-1-10(7-12(11)26-15(19)20)16(8-21)5-3-9(4-6-16)13(24)23-22/h1-2,7,9,14-15H,3-6,22H2,(H,23,24). The van der Waals surface area contributed by atoms with Crippen molar-refractivity contribution in [2.75, 3.05) is 0 Å². The fraction of sp³-hybridized carbons (Fsp3) is 0.500. The predicted molar refractivity (Wildman–Crippen MR) is 81.3 cm³/mol. The van der Waals surface area contributed by atoms with Gasteiger partial charge in [-0.1, -0.05) is 6.07 Å². The summed E-state index contributed by atoms with van der Waals surface area (Å²) >= 11 is 0. The Bertz CT molecular complexity index is 686. The van der Waals surface area contributed by atoms with Gasteiger partial charge in [-0.15, -0.1) is 0 Å². The number of benzene rings is 1. The monoisotopic (exact) mass is 375 g/mol. The number of alkyl halides is 4. The number of amides is 1. The first kappa shape index (κ1) is 19.8. The molecule has 0 aliphatic heterocycles. The molecule has 1 aliphatic carbocycles. The summed E-state index contributed by atoms with van der Waals surface area (Å²) < 4.78 is 58.4. The maximum absolute atomic E-state index is 12.6. The van der Waals surface area contributed by atoms with Crippen molar-refractivity contribution in [2.24, 2.45) is 11.8 Å². The van der Waals surface area contributed by atoms with Gasteiger partial charge in [0, 0.05) is 5.92 Å². The molecule has 1 amide bonds. The Hall–Kier alpha value is -2.54. The smallest absolute Gasteiger partial charge is 0.387 e. The zero-order valence-electron chi connectivity index (χ0n) is 13.6. The number of hydrogen-bond donors (Lipinski definition) is 2. The van der Waals surface area contributed by atoms with E-state index in [0.717, 1.165) is 12.1 Å². The second-order valence-corrected chi connectivity index (χ2v) is 5.90. The van der Waals surface area contributed by atoms with Crippen molar-refractivity contribution in [1.82, 2.24) is 5.43 Å². The lowest BCUT2D eigenvalue weighted by molar-refractivity contribution is -0.126. The van der Waals surface area contributed by atoms with Crippen LogP contribution in [0.4, 0.5) is 17.6 Å². The van der Waals surface area contributed by atoms with E-state index in [2.05, 4.69) is 21.0 Å². The van der Waals surface area contributed by atoms with Gasteiger partial charge in [0.25, 0.3) is 0 Å². The summed E-state index contributed by atoms with van der Waals surface area (Å²) in [5.41, 5.74) is 1.35. The van der Waals surface area contributed by atoms with Gasteiger partial charge in [-0.2, -0.15) is 22.8 Å². The number of hydrazine groups is 1. The number of carbonyl (C=O) groups is 1. The number of nitrogens with zero attached hydrogens (tertiary/aromatic N) is 1. The second-order valence-electron chi connectivity index (χ2n) is 5.90. The van der Waals surface area contributed by atoms with Crippen LogP contribution in [0.1, 0.15) is 31.2 Å². The molecule has 26 heavy (non-hydrogen) atoms. The Morgan fingerprint density at radius 1 is 1.19 bits per heavy atom. The molecule has 0 aromatic heterocycles. The number of rotatable bonds is 6. The first-order chi connectivity index (χ1) is 12.3. The number of ether oxygens (including phenoxy) is 2. The Labute approximate surface area is 146 Å². The van der Waals surface area contributed by atoms with Gasteiger partial charge in [-0.05, 0) is 43.4 Å². The number of nitriles is 1. The molecule has 0 radical (unpaired) electrons. The fourth-order valence-corrected chi connectivity index (χ4v) is 3.14. The molecule has 10 heteroatoms. The molecule has 1 aromatic carbocycles. The highest BCUT2D eigenvalue weighted by Crippen LogP contribution is 2.44. The van der Waals surface area contributed by atoms with Gasteiger partial charge in [0.1, 0.15) is 0 Å². The second kappa shape index (κ2) is 8.23. The number of hydrogen-bond acceptors (Lipinski definition) is 5. The topological polar surface area (TPSA) is 97.4 Å². The van der Waals surface area contributed by atoms with Gasteiger partial charge in [-0.3, -0.25) is 10.2 Å². The molecule has 0 bridgehead atoms. The highest BCUT2D eigenvalue weighted by atomic mass is 19.3. The van der Waals surface area contributed by atoms with Crippen LogP contribution >= 0.6 is 0 Å². The van der Waals surface area contributed by atoms with Crippen LogP contribution in [0, 0.1) is 17.2 Å². The molecule has 0 atom stereocenters. The van der Waals surface area contributed by atoms with Gasteiger partial charge in [-0.25, -0.2) is 5.84 Å². The van der Waals surface area contributed by atoms with Gasteiger partial charge in [0.15, 0.2) is 11.5 Å². The Balaban J connectivity index is 2.31. The lowest BCUT2D eigenvalue weighted by atomic mass is 9.67. The summed E-state index contributed by atoms with van der Waals surface area (Å²) in [5, 5.41) is 9.65. The molecule has 1 saturated carbocycles. The van der Waals surface area contributed by atoms with Gasteiger partial charge >= 0.3 is 13.2 Å². The van der Waals surface area contributed by atoms with E-state index in [9.17, 15) is 27.6 Å². The lowest BCUT2D eigenvalue weighted by Crippen LogP contribution is -2.40. The quantitative estimate of drug-likeness (QED) is 0.345. The Morgan fingerprint density at radius 3 is 2.27 bits per heavy atom. The van der Waals surface area contributed by atoms with Gasteiger partial charge in [0.05, 0.1) is 11.5 Å². The minimum Gasteiger partial charge on any atom is -0.431 e. The van der Waals surface area contributed by atoms with Crippen LogP contribution in [-0.4, -0.2) is 19.1 Å². The van der Waals surface area contributed by atoms with Crippen molar-refractivity contribution in [3.63, 3.8) is 0 Å². The van der Waals surface area contributed by atoms with E-state index >= 15 is 0 Å². The maximum Gasteiger partial charge on any atom is 0.387 e. The van der Waals surface area contributed by atoms with E-state index in [1.165, 1.54) is 6.07 Å². The average Bonchev–Trinajstić information content (AvgIpc) is 2.61. The minimum atomic E-state index is -3.24. The SMILES string of the molecule is N#CC1(c2ccc(OC(F)F)c(OC(F)F)c2)CCC(C(=O)NN)CC1. The number of nitrogens with two attached hydrogens (primary N) is 1. The van der Waals surface area contributed by atoms with E-state index < -0.39 is 30.1 Å². The van der Waals surface area contributed by atoms with Crippen LogP contribution in [0.15, 0.2) is 18.2 Å². The van der Waals surface area contributed by atoms with E-state index in [1.807, 2.05) is 0 Å². The van der Waals surface area contributed by atoms with Crippen LogP contribution in [0.5, 0.6) is 11.5 Å². The summed E-state index contributed by atoms with van der Waals surface area (Å²) in [4.78, 5) is 11.6. The third kappa shape index (κ3) is 4.35. The van der Waals surface area contributed by atoms with E-state index in [4.69, 9.17) is 5.84 Å². The van der Waals surface area contributed by atoms with E-state index in [-0.39, 0.29) is 24.7 Å². The highest BCUT2D eigenvalue weighted by molar-refractivity contribution is 5.78. The van der Waals surface area contributed by atoms with Gasteiger partial charge < -0.3 is 9.47 Å². The van der Waals surface area contributed by atoms with E-state index in [0.29, 0.717) is 18.4 Å². The summed E-state index contributed by atoms with van der Waals surface area (Å²) in [6, 6.07) is 5.69. The fourth-order valence-electron chi connectivity index (χ4n) is 3.14. The van der Waals surface area contributed by atoms with Crippen molar-refractivity contribution in [3.05, 3.63) is 23.8 Å². The Kier molecular flexibility index (Phi) is 6.26. The molecule has 1 aliphatic rings. The first-order valence-corrected chi connectivity index (χ1v) is 7.77. The van der Waals surface area contributed by atoms with Crippen molar-refractivity contribution in [3.8, 4) is 17.6 Å². The maximum atomic E-state index is 12.6. The highest BCUT2D eigenvalue weighted by Gasteiger charge is 2.39. The molecule has 2 rings (SSSR count). The number of halogens is 4. The van der Waals surface area contributed by atoms with Gasteiger partial charge in [0.2, 0.25) is 5.91 Å². The summed E-state index contributed by atoms with van der Waals surface area (Å²) in [5.74, 6) is 3.30. The molecule has 0 unspecified atom stereocenters. The molecular weight excluding hydrogens is 358 g/mol. The van der Waals surface area contributed by atoms with Crippen LogP contribution in [-0.2, 0) is 10.2 Å². The zero-order chi connectivity index (χ0) is 19.3. The molecule has 142 valence electrons.